The molecule has 0 saturated heterocycles. The molecule has 6 nitrogen and oxygen atoms in total. The molecule has 3 aromatic rings. The van der Waals surface area contributed by atoms with Crippen LogP contribution in [-0.4, -0.2) is 25.4 Å². The normalized spacial score (nSPS) is 12.3. The molecule has 0 spiro atoms. The minimum Gasteiger partial charge on any atom is -0.351 e. The Morgan fingerprint density at radius 3 is 2.31 bits per heavy atom. The van der Waals surface area contributed by atoms with Gasteiger partial charge in [0, 0.05) is 24.0 Å². The number of hydrogen-bond donors (Lipinski definition) is 2. The molecule has 1 aromatic heterocycles. The van der Waals surface area contributed by atoms with Crippen molar-refractivity contribution in [1.82, 2.24) is 15.0 Å². The molecule has 29 heavy (non-hydrogen) atoms. The fourth-order valence-electron chi connectivity index (χ4n) is 2.72. The molecule has 0 saturated carbocycles. The second kappa shape index (κ2) is 9.65. The number of nitrogens with zero attached hydrogens (tertiary/aromatic N) is 1. The number of carbonyl (C=O) groups excluding carboxylic acids is 1. The van der Waals surface area contributed by atoms with E-state index in [1.54, 1.807) is 18.5 Å². The molecular weight excluding hydrogens is 410 g/mol. The highest BCUT2D eigenvalue weighted by molar-refractivity contribution is 7.89. The molecule has 0 fully saturated rings. The summed E-state index contributed by atoms with van der Waals surface area (Å²) in [7, 11) is -3.91. The number of pyridine rings is 1. The van der Waals surface area contributed by atoms with Crippen LogP contribution in [0.2, 0.25) is 5.02 Å². The van der Waals surface area contributed by atoms with Crippen LogP contribution >= 0.6 is 11.6 Å². The summed E-state index contributed by atoms with van der Waals surface area (Å²) in [5.74, 6) is -0.421. The van der Waals surface area contributed by atoms with Crippen LogP contribution < -0.4 is 10.0 Å². The third-order valence-corrected chi connectivity index (χ3v) is 5.95. The highest BCUT2D eigenvalue weighted by Gasteiger charge is 2.26. The van der Waals surface area contributed by atoms with E-state index >= 15 is 0 Å². The molecule has 8 heteroatoms. The number of rotatable bonds is 8. The summed E-state index contributed by atoms with van der Waals surface area (Å²) in [5, 5.41) is 3.21. The zero-order chi connectivity index (χ0) is 20.7. The Hall–Kier alpha value is -2.74. The van der Waals surface area contributed by atoms with Gasteiger partial charge in [0.05, 0.1) is 4.90 Å². The molecule has 0 aliphatic rings. The van der Waals surface area contributed by atoms with Crippen LogP contribution in [-0.2, 0) is 27.8 Å². The number of nitrogens with one attached hydrogen (secondary N) is 2. The van der Waals surface area contributed by atoms with Crippen LogP contribution in [0.1, 0.15) is 11.1 Å². The van der Waals surface area contributed by atoms with E-state index < -0.39 is 22.0 Å². The second-order valence-corrected chi connectivity index (χ2v) is 8.55. The van der Waals surface area contributed by atoms with Crippen LogP contribution in [0.5, 0.6) is 0 Å². The van der Waals surface area contributed by atoms with Gasteiger partial charge in [-0.2, -0.15) is 4.72 Å². The SMILES string of the molecule is O=C(NCc1cccnc1)C(Cc1ccccc1)NS(=O)(=O)c1ccc(Cl)cc1. The standard InChI is InChI=1S/C21H20ClN3O3S/c22-18-8-10-19(11-9-18)29(27,28)25-20(13-16-5-2-1-3-6-16)21(26)24-15-17-7-4-12-23-14-17/h1-12,14,20,25H,13,15H2,(H,24,26). The molecule has 150 valence electrons. The minimum atomic E-state index is -3.91. The molecule has 2 N–H and O–H groups in total. The average Bonchev–Trinajstić information content (AvgIpc) is 2.73. The van der Waals surface area contributed by atoms with Gasteiger partial charge in [-0.05, 0) is 47.9 Å². The van der Waals surface area contributed by atoms with Gasteiger partial charge in [0.25, 0.3) is 0 Å². The number of amides is 1. The topological polar surface area (TPSA) is 88.2 Å². The molecule has 1 amide bonds. The van der Waals surface area contributed by atoms with E-state index in [1.807, 2.05) is 36.4 Å². The molecule has 0 bridgehead atoms. The fraction of sp³-hybridized carbons (Fsp3) is 0.143. The summed E-state index contributed by atoms with van der Waals surface area (Å²) in [6.45, 7) is 0.251. The molecule has 1 unspecified atom stereocenters. The van der Waals surface area contributed by atoms with Crippen LogP contribution in [0.4, 0.5) is 0 Å². The Bertz CT molecular complexity index is 1040. The molecule has 1 atom stereocenters. The average molecular weight is 430 g/mol. The van der Waals surface area contributed by atoms with Crippen molar-refractivity contribution in [2.45, 2.75) is 23.9 Å². The predicted octanol–water partition coefficient (Wildman–Crippen LogP) is 2.94. The van der Waals surface area contributed by atoms with E-state index in [0.717, 1.165) is 11.1 Å². The van der Waals surface area contributed by atoms with Gasteiger partial charge in [0.1, 0.15) is 6.04 Å². The first-order valence-corrected chi connectivity index (χ1v) is 10.8. The Morgan fingerprint density at radius 1 is 0.966 bits per heavy atom. The quantitative estimate of drug-likeness (QED) is 0.576. The van der Waals surface area contributed by atoms with Crippen LogP contribution in [0, 0.1) is 0 Å². The van der Waals surface area contributed by atoms with Crippen molar-refractivity contribution < 1.29 is 13.2 Å². The van der Waals surface area contributed by atoms with Gasteiger partial charge in [-0.3, -0.25) is 9.78 Å². The molecule has 1 heterocycles. The molecule has 0 aliphatic carbocycles. The predicted molar refractivity (Wildman–Crippen MR) is 112 cm³/mol. The lowest BCUT2D eigenvalue weighted by molar-refractivity contribution is -0.122. The van der Waals surface area contributed by atoms with Gasteiger partial charge >= 0.3 is 0 Å². The smallest absolute Gasteiger partial charge is 0.241 e. The Morgan fingerprint density at radius 2 is 1.66 bits per heavy atom. The first-order chi connectivity index (χ1) is 13.9. The molecule has 0 radical (unpaired) electrons. The van der Waals surface area contributed by atoms with Crippen molar-refractivity contribution in [3.63, 3.8) is 0 Å². The molecule has 0 aliphatic heterocycles. The third kappa shape index (κ3) is 6.12. The van der Waals surface area contributed by atoms with Gasteiger partial charge in [-0.25, -0.2) is 8.42 Å². The number of benzene rings is 2. The van der Waals surface area contributed by atoms with E-state index in [4.69, 9.17) is 11.6 Å². The lowest BCUT2D eigenvalue weighted by Gasteiger charge is -2.19. The number of halogens is 1. The van der Waals surface area contributed by atoms with Crippen molar-refractivity contribution in [1.29, 1.82) is 0 Å². The van der Waals surface area contributed by atoms with Crippen molar-refractivity contribution in [2.24, 2.45) is 0 Å². The first-order valence-electron chi connectivity index (χ1n) is 8.92. The summed E-state index contributed by atoms with van der Waals surface area (Å²) in [6.07, 6.45) is 3.50. The Labute approximate surface area is 175 Å². The largest absolute Gasteiger partial charge is 0.351 e. The van der Waals surface area contributed by atoms with E-state index in [1.165, 1.54) is 24.3 Å². The monoisotopic (exact) mass is 429 g/mol. The van der Waals surface area contributed by atoms with Crippen LogP contribution in [0.25, 0.3) is 0 Å². The lowest BCUT2D eigenvalue weighted by Crippen LogP contribution is -2.47. The zero-order valence-electron chi connectivity index (χ0n) is 15.5. The van der Waals surface area contributed by atoms with E-state index in [-0.39, 0.29) is 17.9 Å². The van der Waals surface area contributed by atoms with Crippen LogP contribution in [0.3, 0.4) is 0 Å². The maximum absolute atomic E-state index is 12.8. The summed E-state index contributed by atoms with van der Waals surface area (Å²) in [6, 6.07) is 17.6. The van der Waals surface area contributed by atoms with Gasteiger partial charge in [0.2, 0.25) is 15.9 Å². The van der Waals surface area contributed by atoms with Gasteiger partial charge in [-0.15, -0.1) is 0 Å². The van der Waals surface area contributed by atoms with Gasteiger partial charge in [-0.1, -0.05) is 48.0 Å². The molecular formula is C21H20ClN3O3S. The second-order valence-electron chi connectivity index (χ2n) is 6.40. The first kappa shape index (κ1) is 21.0. The van der Waals surface area contributed by atoms with E-state index in [9.17, 15) is 13.2 Å². The molecule has 3 rings (SSSR count). The number of aromatic nitrogens is 1. The highest BCUT2D eigenvalue weighted by atomic mass is 35.5. The van der Waals surface area contributed by atoms with Gasteiger partial charge in [0.15, 0.2) is 0 Å². The highest BCUT2D eigenvalue weighted by Crippen LogP contribution is 2.15. The van der Waals surface area contributed by atoms with E-state index in [0.29, 0.717) is 5.02 Å². The zero-order valence-corrected chi connectivity index (χ0v) is 17.0. The maximum atomic E-state index is 12.8. The number of carbonyl (C=O) groups is 1. The summed E-state index contributed by atoms with van der Waals surface area (Å²) < 4.78 is 28.1. The third-order valence-electron chi connectivity index (χ3n) is 4.21. The minimum absolute atomic E-state index is 0.0417. The van der Waals surface area contributed by atoms with Crippen LogP contribution in [0.15, 0.2) is 84.0 Å². The van der Waals surface area contributed by atoms with E-state index in [2.05, 4.69) is 15.0 Å². The Kier molecular flexibility index (Phi) is 6.98. The van der Waals surface area contributed by atoms with Crippen molar-refractivity contribution in [3.05, 3.63) is 95.3 Å². The fourth-order valence-corrected chi connectivity index (χ4v) is 4.04. The number of sulfonamides is 1. The van der Waals surface area contributed by atoms with Crippen molar-refractivity contribution >= 4 is 27.5 Å². The van der Waals surface area contributed by atoms with Crippen molar-refractivity contribution in [3.8, 4) is 0 Å². The van der Waals surface area contributed by atoms with Gasteiger partial charge < -0.3 is 5.32 Å². The Balaban J connectivity index is 1.78. The number of hydrogen-bond acceptors (Lipinski definition) is 4. The summed E-state index contributed by atoms with van der Waals surface area (Å²) in [5.41, 5.74) is 1.66. The summed E-state index contributed by atoms with van der Waals surface area (Å²) in [4.78, 5) is 16.9. The van der Waals surface area contributed by atoms with Crippen molar-refractivity contribution in [2.75, 3.05) is 0 Å². The summed E-state index contributed by atoms with van der Waals surface area (Å²) >= 11 is 5.84. The lowest BCUT2D eigenvalue weighted by atomic mass is 10.1. The molecule has 2 aromatic carbocycles. The maximum Gasteiger partial charge on any atom is 0.241 e.